The molecule has 0 unspecified atom stereocenters. The molecule has 1 aromatic heterocycles. The van der Waals surface area contributed by atoms with Crippen molar-refractivity contribution in [2.75, 3.05) is 38.7 Å². The molecule has 0 saturated heterocycles. The first kappa shape index (κ1) is 22.9. The minimum Gasteiger partial charge on any atom is -0.369 e. The van der Waals surface area contributed by atoms with Gasteiger partial charge in [-0.1, -0.05) is 0 Å². The molecule has 12 heteroatoms. The van der Waals surface area contributed by atoms with E-state index in [9.17, 15) is 0 Å². The molecule has 27 heavy (non-hydrogen) atoms. The number of nitriles is 2. The molecule has 9 nitrogen and oxygen atoms in total. The Kier molecular flexibility index (Phi) is 11.1. The predicted octanol–water partition coefficient (Wildman–Crippen LogP) is 1.06. The number of nitrogens with two attached hydrogens (primary N) is 2. The van der Waals surface area contributed by atoms with Crippen LogP contribution in [0.25, 0.3) is 0 Å². The van der Waals surface area contributed by atoms with Crippen LogP contribution in [0.1, 0.15) is 10.6 Å². The third-order valence-corrected chi connectivity index (χ3v) is 6.24. The average Bonchev–Trinajstić information content (AvgIpc) is 3.14. The SMILES string of the molecule is CN=C(N)N(C#N)CCSCc1cc(CSCCN(C#N)C(N)=NC)sn1. The van der Waals surface area contributed by atoms with Crippen molar-refractivity contribution in [3.63, 3.8) is 0 Å². The van der Waals surface area contributed by atoms with Gasteiger partial charge in [-0.05, 0) is 17.6 Å². The smallest absolute Gasteiger partial charge is 0.204 e. The summed E-state index contributed by atoms with van der Waals surface area (Å²) < 4.78 is 4.45. The second-order valence-electron chi connectivity index (χ2n) is 5.06. The van der Waals surface area contributed by atoms with Gasteiger partial charge >= 0.3 is 0 Å². The maximum absolute atomic E-state index is 9.01. The molecule has 0 aromatic carbocycles. The number of aliphatic imine (C=N–C) groups is 2. The molecule has 1 aromatic rings. The molecule has 0 radical (unpaired) electrons. The quantitative estimate of drug-likeness (QED) is 0.185. The molecule has 0 spiro atoms. The Bertz CT molecular complexity index is 658. The summed E-state index contributed by atoms with van der Waals surface area (Å²) in [7, 11) is 3.12. The maximum Gasteiger partial charge on any atom is 0.204 e. The van der Waals surface area contributed by atoms with E-state index >= 15 is 0 Å². The van der Waals surface area contributed by atoms with Crippen molar-refractivity contribution < 1.29 is 0 Å². The summed E-state index contributed by atoms with van der Waals surface area (Å²) in [6.07, 6.45) is 4.04. The summed E-state index contributed by atoms with van der Waals surface area (Å²) in [4.78, 5) is 11.6. The lowest BCUT2D eigenvalue weighted by molar-refractivity contribution is 0.606. The molecule has 1 heterocycles. The fourth-order valence-electron chi connectivity index (χ4n) is 1.83. The standard InChI is InChI=1S/C15H23N9S3/c1-20-14(18)23(10-16)3-5-25-8-12-7-13(27-22-12)9-26-6-4-24(11-17)15(19)21-2/h7H,3-6,8-9H2,1-2H3,(H2,18,20)(H2,19,21). The van der Waals surface area contributed by atoms with E-state index in [1.54, 1.807) is 37.6 Å². The molecule has 0 aliphatic rings. The number of rotatable bonds is 10. The van der Waals surface area contributed by atoms with Crippen LogP contribution in [0.2, 0.25) is 0 Å². The molecule has 0 aliphatic carbocycles. The highest BCUT2D eigenvalue weighted by molar-refractivity contribution is 7.98. The van der Waals surface area contributed by atoms with Crippen molar-refractivity contribution in [1.82, 2.24) is 14.2 Å². The Hall–Kier alpha value is -2.15. The van der Waals surface area contributed by atoms with Gasteiger partial charge in [0.1, 0.15) is 0 Å². The number of hydrogen-bond donors (Lipinski definition) is 2. The lowest BCUT2D eigenvalue weighted by Crippen LogP contribution is -2.34. The molecule has 0 amide bonds. The summed E-state index contributed by atoms with van der Waals surface area (Å²) in [6, 6.07) is 2.10. The van der Waals surface area contributed by atoms with Gasteiger partial charge in [-0.25, -0.2) is 9.80 Å². The fraction of sp³-hybridized carbons (Fsp3) is 0.533. The molecule has 146 valence electrons. The zero-order valence-corrected chi connectivity index (χ0v) is 17.8. The molecule has 0 bridgehead atoms. The second-order valence-corrected chi connectivity index (χ2v) is 8.16. The largest absolute Gasteiger partial charge is 0.369 e. The van der Waals surface area contributed by atoms with E-state index in [1.165, 1.54) is 26.2 Å². The van der Waals surface area contributed by atoms with Gasteiger partial charge in [0.05, 0.1) is 5.69 Å². The van der Waals surface area contributed by atoms with Gasteiger partial charge in [-0.15, -0.1) is 0 Å². The van der Waals surface area contributed by atoms with Gasteiger partial charge in [0.2, 0.25) is 11.9 Å². The summed E-state index contributed by atoms with van der Waals surface area (Å²) in [5.41, 5.74) is 12.3. The van der Waals surface area contributed by atoms with Gasteiger partial charge in [-0.2, -0.15) is 38.4 Å². The predicted molar refractivity (Wildman–Crippen MR) is 114 cm³/mol. The Morgan fingerprint density at radius 3 is 2.07 bits per heavy atom. The van der Waals surface area contributed by atoms with Crippen molar-refractivity contribution in [3.05, 3.63) is 16.6 Å². The molecular weight excluding hydrogens is 402 g/mol. The van der Waals surface area contributed by atoms with Gasteiger partial charge in [0.25, 0.3) is 0 Å². The fourth-order valence-corrected chi connectivity index (χ4v) is 4.46. The number of thioether (sulfide) groups is 2. The minimum absolute atomic E-state index is 0.230. The first-order valence-corrected chi connectivity index (χ1v) is 11.0. The Morgan fingerprint density at radius 2 is 1.59 bits per heavy atom. The van der Waals surface area contributed by atoms with Crippen molar-refractivity contribution in [3.8, 4) is 12.4 Å². The number of nitrogens with zero attached hydrogens (tertiary/aromatic N) is 7. The van der Waals surface area contributed by atoms with E-state index in [-0.39, 0.29) is 11.9 Å². The lowest BCUT2D eigenvalue weighted by atomic mass is 10.4. The summed E-state index contributed by atoms with van der Waals surface area (Å²) in [5.74, 6) is 3.63. The first-order valence-electron chi connectivity index (χ1n) is 7.94. The first-order chi connectivity index (χ1) is 13.0. The normalized spacial score (nSPS) is 11.7. The third kappa shape index (κ3) is 8.39. The zero-order chi connectivity index (χ0) is 20.1. The van der Waals surface area contributed by atoms with Crippen LogP contribution >= 0.6 is 35.1 Å². The molecule has 4 N–H and O–H groups in total. The second kappa shape index (κ2) is 13.1. The minimum atomic E-state index is 0.230. The van der Waals surface area contributed by atoms with E-state index in [4.69, 9.17) is 22.0 Å². The van der Waals surface area contributed by atoms with Crippen LogP contribution in [0, 0.1) is 22.9 Å². The molecule has 0 fully saturated rings. The lowest BCUT2D eigenvalue weighted by Gasteiger charge is -2.13. The topological polar surface area (TPSA) is 144 Å². The van der Waals surface area contributed by atoms with E-state index in [0.29, 0.717) is 13.1 Å². The van der Waals surface area contributed by atoms with Crippen molar-refractivity contribution >= 4 is 47.0 Å². The average molecular weight is 426 g/mol. The van der Waals surface area contributed by atoms with Crippen LogP contribution < -0.4 is 11.5 Å². The number of hydrogen-bond acceptors (Lipinski definition) is 8. The van der Waals surface area contributed by atoms with Crippen LogP contribution in [0.4, 0.5) is 0 Å². The zero-order valence-electron chi connectivity index (χ0n) is 15.3. The van der Waals surface area contributed by atoms with Crippen molar-refractivity contribution in [2.24, 2.45) is 21.5 Å². The summed E-state index contributed by atoms with van der Waals surface area (Å²) in [5, 5.41) is 18.0. The maximum atomic E-state index is 9.01. The van der Waals surface area contributed by atoms with E-state index in [1.807, 2.05) is 12.4 Å². The van der Waals surface area contributed by atoms with E-state index in [2.05, 4.69) is 20.4 Å². The molecule has 0 aliphatic heterocycles. The molecule has 0 saturated carbocycles. The molecule has 1 rings (SSSR count). The van der Waals surface area contributed by atoms with Crippen LogP contribution in [-0.2, 0) is 11.5 Å². The van der Waals surface area contributed by atoms with Crippen molar-refractivity contribution in [2.45, 2.75) is 11.5 Å². The third-order valence-electron chi connectivity index (χ3n) is 3.27. The number of aromatic nitrogens is 1. The van der Waals surface area contributed by atoms with Crippen LogP contribution in [0.5, 0.6) is 0 Å². The van der Waals surface area contributed by atoms with Crippen LogP contribution in [-0.4, -0.2) is 64.8 Å². The summed E-state index contributed by atoms with van der Waals surface area (Å²) in [6.45, 7) is 1.06. The van der Waals surface area contributed by atoms with Gasteiger partial charge in [-0.3, -0.25) is 9.98 Å². The monoisotopic (exact) mass is 425 g/mol. The Balaban J connectivity index is 2.28. The van der Waals surface area contributed by atoms with Gasteiger partial charge in [0.15, 0.2) is 12.4 Å². The highest BCUT2D eigenvalue weighted by atomic mass is 32.2. The Morgan fingerprint density at radius 1 is 1.07 bits per heavy atom. The van der Waals surface area contributed by atoms with E-state index < -0.39 is 0 Å². The highest BCUT2D eigenvalue weighted by Crippen LogP contribution is 2.20. The Labute approximate surface area is 172 Å². The highest BCUT2D eigenvalue weighted by Gasteiger charge is 2.08. The molecule has 0 atom stereocenters. The van der Waals surface area contributed by atoms with Gasteiger partial charge in [0, 0.05) is 55.1 Å². The molecular formula is C15H23N9S3. The van der Waals surface area contributed by atoms with Gasteiger partial charge < -0.3 is 11.5 Å². The van der Waals surface area contributed by atoms with Crippen LogP contribution in [0.15, 0.2) is 16.1 Å². The van der Waals surface area contributed by atoms with Crippen LogP contribution in [0.3, 0.4) is 0 Å². The van der Waals surface area contributed by atoms with Crippen molar-refractivity contribution in [1.29, 1.82) is 10.5 Å². The van der Waals surface area contributed by atoms with E-state index in [0.717, 1.165) is 28.7 Å². The summed E-state index contributed by atoms with van der Waals surface area (Å²) >= 11 is 4.91. The number of guanidine groups is 2.